The van der Waals surface area contributed by atoms with E-state index >= 15 is 0 Å². The van der Waals surface area contributed by atoms with Crippen LogP contribution in [0.15, 0.2) is 6.07 Å². The largest absolute Gasteiger partial charge is 0.465 e. The van der Waals surface area contributed by atoms with E-state index < -0.39 is 5.97 Å². The average molecular weight is 269 g/mol. The lowest BCUT2D eigenvalue weighted by Gasteiger charge is -2.01. The summed E-state index contributed by atoms with van der Waals surface area (Å²) >= 11 is 1.45. The van der Waals surface area contributed by atoms with E-state index in [4.69, 9.17) is 4.74 Å². The Hall–Kier alpha value is -1.36. The smallest absolute Gasteiger partial charge is 0.340 e. The van der Waals surface area contributed by atoms with E-state index in [1.807, 2.05) is 6.07 Å². The number of hydrogen-bond acceptors (Lipinski definition) is 4. The fraction of sp³-hybridized carbons (Fsp3) is 0.538. The van der Waals surface area contributed by atoms with Gasteiger partial charge in [-0.15, -0.1) is 11.3 Å². The maximum atomic E-state index is 11.6. The minimum absolute atomic E-state index is 0.179. The molecular weight excluding hydrogens is 250 g/mol. The number of ether oxygens (including phenoxy) is 1. The summed E-state index contributed by atoms with van der Waals surface area (Å²) in [5.74, 6) is -0.584. The zero-order chi connectivity index (χ0) is 13.5. The molecule has 0 bridgehead atoms. The molecule has 4 nitrogen and oxygen atoms in total. The van der Waals surface area contributed by atoms with Gasteiger partial charge in [0.1, 0.15) is 5.00 Å². The fourth-order valence-electron chi connectivity index (χ4n) is 1.63. The summed E-state index contributed by atoms with van der Waals surface area (Å²) in [4.78, 5) is 23.8. The van der Waals surface area contributed by atoms with Crippen LogP contribution in [0.2, 0.25) is 0 Å². The van der Waals surface area contributed by atoms with Crippen molar-refractivity contribution in [2.45, 2.75) is 39.5 Å². The van der Waals surface area contributed by atoms with Gasteiger partial charge in [0.05, 0.1) is 12.7 Å². The highest BCUT2D eigenvalue weighted by molar-refractivity contribution is 7.16. The van der Waals surface area contributed by atoms with Gasteiger partial charge in [0, 0.05) is 11.8 Å². The molecule has 0 saturated heterocycles. The normalized spacial score (nSPS) is 10.2. The van der Waals surface area contributed by atoms with E-state index in [2.05, 4.69) is 12.2 Å². The second-order valence-corrected chi connectivity index (χ2v) is 5.22. The number of carbonyl (C=O) groups is 2. The molecule has 1 N–H and O–H groups in total. The van der Waals surface area contributed by atoms with Gasteiger partial charge in [-0.25, -0.2) is 4.79 Å². The predicted molar refractivity (Wildman–Crippen MR) is 73.2 cm³/mol. The van der Waals surface area contributed by atoms with Crippen molar-refractivity contribution >= 4 is 28.2 Å². The van der Waals surface area contributed by atoms with E-state index in [1.165, 1.54) is 31.8 Å². The first-order valence-corrected chi connectivity index (χ1v) is 6.88. The number of unbranched alkanes of at least 4 members (excludes halogenated alkanes) is 2. The number of carbonyl (C=O) groups excluding carboxylic acids is 2. The number of nitrogens with one attached hydrogen (secondary N) is 1. The van der Waals surface area contributed by atoms with Crippen LogP contribution in [0, 0.1) is 0 Å². The van der Waals surface area contributed by atoms with Crippen molar-refractivity contribution in [3.8, 4) is 0 Å². The van der Waals surface area contributed by atoms with Gasteiger partial charge in [-0.3, -0.25) is 4.79 Å². The van der Waals surface area contributed by atoms with Crippen molar-refractivity contribution < 1.29 is 14.3 Å². The van der Waals surface area contributed by atoms with Crippen LogP contribution in [-0.2, 0) is 16.0 Å². The molecule has 0 aliphatic carbocycles. The Morgan fingerprint density at radius 2 is 2.11 bits per heavy atom. The minimum atomic E-state index is -0.406. The van der Waals surface area contributed by atoms with Crippen molar-refractivity contribution in [1.29, 1.82) is 0 Å². The Morgan fingerprint density at radius 1 is 1.39 bits per heavy atom. The molecule has 1 amide bonds. The first-order valence-electron chi connectivity index (χ1n) is 6.07. The average Bonchev–Trinajstić information content (AvgIpc) is 2.71. The van der Waals surface area contributed by atoms with Gasteiger partial charge in [0.25, 0.3) is 0 Å². The number of hydrogen-bond donors (Lipinski definition) is 1. The van der Waals surface area contributed by atoms with Crippen LogP contribution < -0.4 is 5.32 Å². The van der Waals surface area contributed by atoms with Crippen LogP contribution in [0.25, 0.3) is 0 Å². The highest BCUT2D eigenvalue weighted by atomic mass is 32.1. The number of aryl methyl sites for hydroxylation is 1. The topological polar surface area (TPSA) is 55.4 Å². The molecule has 0 spiro atoms. The third-order valence-corrected chi connectivity index (χ3v) is 3.61. The number of amides is 1. The maximum absolute atomic E-state index is 11.6. The summed E-state index contributed by atoms with van der Waals surface area (Å²) in [6.07, 6.45) is 4.36. The Kier molecular flexibility index (Phi) is 5.85. The molecule has 1 aromatic heterocycles. The molecular formula is C13H19NO3S. The van der Waals surface area contributed by atoms with E-state index in [0.717, 1.165) is 24.1 Å². The Balaban J connectivity index is 2.85. The lowest BCUT2D eigenvalue weighted by atomic mass is 10.1. The second-order valence-electron chi connectivity index (χ2n) is 4.09. The van der Waals surface area contributed by atoms with Gasteiger partial charge in [0.2, 0.25) is 5.91 Å². The van der Waals surface area contributed by atoms with Crippen LogP contribution >= 0.6 is 11.3 Å². The van der Waals surface area contributed by atoms with Gasteiger partial charge in [-0.2, -0.15) is 0 Å². The Bertz CT molecular complexity index is 426. The summed E-state index contributed by atoms with van der Waals surface area (Å²) in [5, 5.41) is 3.26. The number of methoxy groups -OCH3 is 1. The Labute approximate surface area is 111 Å². The molecule has 1 aromatic rings. The molecule has 5 heteroatoms. The van der Waals surface area contributed by atoms with Gasteiger partial charge in [-0.05, 0) is 18.9 Å². The van der Waals surface area contributed by atoms with Crippen LogP contribution in [0.3, 0.4) is 0 Å². The summed E-state index contributed by atoms with van der Waals surface area (Å²) in [5.41, 5.74) is 0.448. The second kappa shape index (κ2) is 7.16. The number of anilines is 1. The standard InChI is InChI=1S/C13H19NO3S/c1-4-5-6-7-10-8-11(13(16)17-3)12(18-10)14-9(2)15/h8H,4-7H2,1-3H3,(H,14,15). The van der Waals surface area contributed by atoms with E-state index in [1.54, 1.807) is 0 Å². The van der Waals surface area contributed by atoms with Crippen molar-refractivity contribution in [1.82, 2.24) is 0 Å². The summed E-state index contributed by atoms with van der Waals surface area (Å²) in [6, 6.07) is 1.82. The Morgan fingerprint density at radius 3 is 2.67 bits per heavy atom. The third-order valence-electron chi connectivity index (χ3n) is 2.50. The molecule has 0 aromatic carbocycles. The molecule has 18 heavy (non-hydrogen) atoms. The van der Waals surface area contributed by atoms with E-state index in [0.29, 0.717) is 10.6 Å². The third kappa shape index (κ3) is 4.14. The van der Waals surface area contributed by atoms with Gasteiger partial charge in [0.15, 0.2) is 0 Å². The molecule has 0 radical (unpaired) electrons. The lowest BCUT2D eigenvalue weighted by Crippen LogP contribution is -2.09. The molecule has 0 unspecified atom stereocenters. The number of rotatable bonds is 6. The molecule has 0 aliphatic rings. The SMILES string of the molecule is CCCCCc1cc(C(=O)OC)c(NC(C)=O)s1. The summed E-state index contributed by atoms with van der Waals surface area (Å²) in [6.45, 7) is 3.58. The van der Waals surface area contributed by atoms with Crippen LogP contribution in [-0.4, -0.2) is 19.0 Å². The van der Waals surface area contributed by atoms with Crippen molar-refractivity contribution in [3.05, 3.63) is 16.5 Å². The highest BCUT2D eigenvalue weighted by Crippen LogP contribution is 2.30. The summed E-state index contributed by atoms with van der Waals surface area (Å²) < 4.78 is 4.71. The van der Waals surface area contributed by atoms with Crippen molar-refractivity contribution in [2.75, 3.05) is 12.4 Å². The van der Waals surface area contributed by atoms with Gasteiger partial charge in [-0.1, -0.05) is 19.8 Å². The zero-order valence-electron chi connectivity index (χ0n) is 11.0. The number of thiophene rings is 1. The summed E-state index contributed by atoms with van der Waals surface area (Å²) in [7, 11) is 1.34. The van der Waals surface area contributed by atoms with Crippen LogP contribution in [0.4, 0.5) is 5.00 Å². The van der Waals surface area contributed by atoms with Gasteiger partial charge < -0.3 is 10.1 Å². The van der Waals surface area contributed by atoms with E-state index in [9.17, 15) is 9.59 Å². The molecule has 0 saturated carbocycles. The molecule has 0 fully saturated rings. The van der Waals surface area contributed by atoms with Gasteiger partial charge >= 0.3 is 5.97 Å². The van der Waals surface area contributed by atoms with Crippen LogP contribution in [0.1, 0.15) is 48.3 Å². The predicted octanol–water partition coefficient (Wildman–Crippen LogP) is 3.23. The first-order chi connectivity index (χ1) is 8.58. The first kappa shape index (κ1) is 14.7. The van der Waals surface area contributed by atoms with E-state index in [-0.39, 0.29) is 5.91 Å². The lowest BCUT2D eigenvalue weighted by molar-refractivity contribution is -0.114. The zero-order valence-corrected chi connectivity index (χ0v) is 11.9. The fourth-order valence-corrected chi connectivity index (χ4v) is 2.76. The maximum Gasteiger partial charge on any atom is 0.340 e. The van der Waals surface area contributed by atoms with Crippen molar-refractivity contribution in [2.24, 2.45) is 0 Å². The molecule has 100 valence electrons. The quantitative estimate of drug-likeness (QED) is 0.637. The molecule has 0 atom stereocenters. The number of esters is 1. The molecule has 1 rings (SSSR count). The van der Waals surface area contributed by atoms with Crippen LogP contribution in [0.5, 0.6) is 0 Å². The van der Waals surface area contributed by atoms with Crippen molar-refractivity contribution in [3.63, 3.8) is 0 Å². The molecule has 1 heterocycles. The monoisotopic (exact) mass is 269 g/mol. The minimum Gasteiger partial charge on any atom is -0.465 e. The highest BCUT2D eigenvalue weighted by Gasteiger charge is 2.17. The molecule has 0 aliphatic heterocycles.